The molecule has 2 aromatic rings. The predicted octanol–water partition coefficient (Wildman–Crippen LogP) is 3.68. The number of hydrogen-bond donors (Lipinski definition) is 2. The summed E-state index contributed by atoms with van der Waals surface area (Å²) in [5.41, 5.74) is 9.27. The molecule has 0 unspecified atom stereocenters. The highest BCUT2D eigenvalue weighted by molar-refractivity contribution is 5.91. The van der Waals surface area contributed by atoms with Gasteiger partial charge in [-0.3, -0.25) is 4.79 Å². The van der Waals surface area contributed by atoms with Crippen molar-refractivity contribution in [1.29, 1.82) is 0 Å². The van der Waals surface area contributed by atoms with Gasteiger partial charge in [0.2, 0.25) is 5.91 Å². The highest BCUT2D eigenvalue weighted by Crippen LogP contribution is 2.22. The Balaban J connectivity index is 1.76. The fraction of sp³-hybridized carbons (Fsp3) is 0.278. The predicted molar refractivity (Wildman–Crippen MR) is 90.1 cm³/mol. The third kappa shape index (κ3) is 4.52. The Morgan fingerprint density at radius 3 is 2.50 bits per heavy atom. The number of carbonyl (C=O) groups is 1. The van der Waals surface area contributed by atoms with Gasteiger partial charge >= 0.3 is 0 Å². The molecular weight excluding hydrogens is 276 g/mol. The fourth-order valence-electron chi connectivity index (χ4n) is 2.27. The van der Waals surface area contributed by atoms with E-state index in [0.717, 1.165) is 22.6 Å². The first kappa shape index (κ1) is 15.9. The smallest absolute Gasteiger partial charge is 0.224 e. The second kappa shape index (κ2) is 7.50. The molecule has 22 heavy (non-hydrogen) atoms. The zero-order valence-electron chi connectivity index (χ0n) is 13.1. The second-order valence-corrected chi connectivity index (χ2v) is 5.35. The molecule has 0 radical (unpaired) electrons. The number of nitrogens with one attached hydrogen (secondary N) is 1. The third-order valence-corrected chi connectivity index (χ3v) is 3.37. The lowest BCUT2D eigenvalue weighted by Gasteiger charge is -2.11. The number of amides is 1. The lowest BCUT2D eigenvalue weighted by Crippen LogP contribution is -2.13. The topological polar surface area (TPSA) is 64.3 Å². The van der Waals surface area contributed by atoms with E-state index in [4.69, 9.17) is 10.5 Å². The maximum Gasteiger partial charge on any atom is 0.224 e. The van der Waals surface area contributed by atoms with Gasteiger partial charge < -0.3 is 15.8 Å². The van der Waals surface area contributed by atoms with E-state index in [1.54, 1.807) is 12.1 Å². The Labute approximate surface area is 131 Å². The third-order valence-electron chi connectivity index (χ3n) is 3.37. The average molecular weight is 298 g/mol. The van der Waals surface area contributed by atoms with E-state index >= 15 is 0 Å². The van der Waals surface area contributed by atoms with Crippen molar-refractivity contribution in [3.8, 4) is 5.75 Å². The van der Waals surface area contributed by atoms with Gasteiger partial charge in [-0.05, 0) is 49.6 Å². The minimum absolute atomic E-state index is 0.0318. The molecule has 1 amide bonds. The molecule has 0 saturated heterocycles. The SMILES string of the molecule is Cc1cccc(C)c1OCCCC(=O)Nc1cccc(N)c1. The van der Waals surface area contributed by atoms with Gasteiger partial charge in [0, 0.05) is 17.8 Å². The number of carbonyl (C=O) groups excluding carboxylic acids is 1. The minimum atomic E-state index is -0.0318. The van der Waals surface area contributed by atoms with Crippen molar-refractivity contribution in [2.24, 2.45) is 0 Å². The fourth-order valence-corrected chi connectivity index (χ4v) is 2.27. The van der Waals surface area contributed by atoms with E-state index in [1.165, 1.54) is 0 Å². The van der Waals surface area contributed by atoms with E-state index < -0.39 is 0 Å². The van der Waals surface area contributed by atoms with E-state index in [9.17, 15) is 4.79 Å². The van der Waals surface area contributed by atoms with Gasteiger partial charge in [0.1, 0.15) is 5.75 Å². The molecule has 0 bridgehead atoms. The Hall–Kier alpha value is -2.49. The van der Waals surface area contributed by atoms with Crippen LogP contribution in [0.1, 0.15) is 24.0 Å². The summed E-state index contributed by atoms with van der Waals surface area (Å²) in [5.74, 6) is 0.884. The first-order valence-electron chi connectivity index (χ1n) is 7.40. The number of ether oxygens (including phenoxy) is 1. The van der Waals surface area contributed by atoms with Gasteiger partial charge in [-0.1, -0.05) is 24.3 Å². The summed E-state index contributed by atoms with van der Waals surface area (Å²) in [6.45, 7) is 4.57. The van der Waals surface area contributed by atoms with Gasteiger partial charge in [-0.15, -0.1) is 0 Å². The van der Waals surface area contributed by atoms with Crippen molar-refractivity contribution in [2.75, 3.05) is 17.7 Å². The second-order valence-electron chi connectivity index (χ2n) is 5.35. The molecule has 0 spiro atoms. The molecule has 0 aromatic heterocycles. The molecule has 0 atom stereocenters. The molecular formula is C18H22N2O2. The van der Waals surface area contributed by atoms with Crippen LogP contribution < -0.4 is 15.8 Å². The van der Waals surface area contributed by atoms with E-state index in [2.05, 4.69) is 5.32 Å². The van der Waals surface area contributed by atoms with Crippen molar-refractivity contribution in [3.63, 3.8) is 0 Å². The number of benzene rings is 2. The lowest BCUT2D eigenvalue weighted by molar-refractivity contribution is -0.116. The Bertz CT molecular complexity index is 633. The van der Waals surface area contributed by atoms with E-state index in [0.29, 0.717) is 25.1 Å². The van der Waals surface area contributed by atoms with Gasteiger partial charge in [0.25, 0.3) is 0 Å². The molecule has 3 N–H and O–H groups in total. The van der Waals surface area contributed by atoms with Gasteiger partial charge in [-0.25, -0.2) is 0 Å². The molecule has 2 rings (SSSR count). The summed E-state index contributed by atoms with van der Waals surface area (Å²) in [6, 6.07) is 13.2. The van der Waals surface area contributed by atoms with Crippen molar-refractivity contribution < 1.29 is 9.53 Å². The highest BCUT2D eigenvalue weighted by Gasteiger charge is 2.05. The number of anilines is 2. The number of rotatable bonds is 6. The molecule has 0 aliphatic heterocycles. The summed E-state index contributed by atoms with van der Waals surface area (Å²) in [5, 5.41) is 2.83. The summed E-state index contributed by atoms with van der Waals surface area (Å²) in [6.07, 6.45) is 1.08. The zero-order valence-corrected chi connectivity index (χ0v) is 13.1. The zero-order chi connectivity index (χ0) is 15.9. The van der Waals surface area contributed by atoms with Crippen LogP contribution in [0.2, 0.25) is 0 Å². The Morgan fingerprint density at radius 1 is 1.14 bits per heavy atom. The van der Waals surface area contributed by atoms with Gasteiger partial charge in [0.15, 0.2) is 0 Å². The molecule has 116 valence electrons. The van der Waals surface area contributed by atoms with Crippen molar-refractivity contribution in [3.05, 3.63) is 53.6 Å². The summed E-state index contributed by atoms with van der Waals surface area (Å²) in [7, 11) is 0. The molecule has 2 aromatic carbocycles. The molecule has 0 fully saturated rings. The van der Waals surface area contributed by atoms with Gasteiger partial charge in [0.05, 0.1) is 6.61 Å². The lowest BCUT2D eigenvalue weighted by atomic mass is 10.1. The van der Waals surface area contributed by atoms with Crippen molar-refractivity contribution in [2.45, 2.75) is 26.7 Å². The molecule has 4 heteroatoms. The van der Waals surface area contributed by atoms with Crippen LogP contribution in [0.25, 0.3) is 0 Å². The van der Waals surface area contributed by atoms with Crippen LogP contribution in [0.3, 0.4) is 0 Å². The summed E-state index contributed by atoms with van der Waals surface area (Å²) >= 11 is 0. The first-order chi connectivity index (χ1) is 10.6. The number of nitrogen functional groups attached to an aromatic ring is 1. The van der Waals surface area contributed by atoms with Crippen LogP contribution in [-0.4, -0.2) is 12.5 Å². The van der Waals surface area contributed by atoms with Crippen LogP contribution in [0.4, 0.5) is 11.4 Å². The molecule has 0 saturated carbocycles. The Kier molecular flexibility index (Phi) is 5.42. The van der Waals surface area contributed by atoms with Crippen molar-refractivity contribution in [1.82, 2.24) is 0 Å². The number of nitrogens with two attached hydrogens (primary N) is 1. The van der Waals surface area contributed by atoms with E-state index in [1.807, 2.05) is 44.2 Å². The molecule has 0 aliphatic carbocycles. The summed E-state index contributed by atoms with van der Waals surface area (Å²) in [4.78, 5) is 11.9. The number of aryl methyl sites for hydroxylation is 2. The highest BCUT2D eigenvalue weighted by atomic mass is 16.5. The summed E-state index contributed by atoms with van der Waals surface area (Å²) < 4.78 is 5.79. The van der Waals surface area contributed by atoms with Crippen LogP contribution >= 0.6 is 0 Å². The largest absolute Gasteiger partial charge is 0.493 e. The first-order valence-corrected chi connectivity index (χ1v) is 7.40. The van der Waals surface area contributed by atoms with Crippen LogP contribution in [0.15, 0.2) is 42.5 Å². The van der Waals surface area contributed by atoms with Crippen LogP contribution in [0.5, 0.6) is 5.75 Å². The van der Waals surface area contributed by atoms with E-state index in [-0.39, 0.29) is 5.91 Å². The maximum absolute atomic E-state index is 11.9. The number of hydrogen-bond acceptors (Lipinski definition) is 3. The quantitative estimate of drug-likeness (QED) is 0.631. The Morgan fingerprint density at radius 2 is 1.82 bits per heavy atom. The monoisotopic (exact) mass is 298 g/mol. The molecule has 0 heterocycles. The minimum Gasteiger partial charge on any atom is -0.493 e. The molecule has 0 aliphatic rings. The average Bonchev–Trinajstić information content (AvgIpc) is 2.46. The van der Waals surface area contributed by atoms with Crippen LogP contribution in [0, 0.1) is 13.8 Å². The normalized spacial score (nSPS) is 10.3. The van der Waals surface area contributed by atoms with Gasteiger partial charge in [-0.2, -0.15) is 0 Å². The standard InChI is InChI=1S/C18H22N2O2/c1-13-6-3-7-14(2)18(13)22-11-5-10-17(21)20-16-9-4-8-15(19)12-16/h3-4,6-9,12H,5,10-11,19H2,1-2H3,(H,20,21). The van der Waals surface area contributed by atoms with Crippen molar-refractivity contribution >= 4 is 17.3 Å². The number of para-hydroxylation sites is 1. The molecule has 4 nitrogen and oxygen atoms in total. The maximum atomic E-state index is 11.9. The van der Waals surface area contributed by atoms with Crippen LogP contribution in [-0.2, 0) is 4.79 Å².